The van der Waals surface area contributed by atoms with Crippen molar-refractivity contribution in [1.82, 2.24) is 0 Å². The minimum atomic E-state index is -3.37. The van der Waals surface area contributed by atoms with E-state index in [9.17, 15) is 13.2 Å². The van der Waals surface area contributed by atoms with Crippen molar-refractivity contribution in [3.8, 4) is 23.7 Å². The molecule has 0 radical (unpaired) electrons. The molecule has 1 N–H and O–H groups in total. The standard InChI is InChI=1S/C21H19NO5S/c1-3-10-28(25,26)19-8-4-15(2)17(12-19)6-7-18-11-16(13-22)5-9-20(18)27-14-21(23)24/h4-5,8-9,11-12H,3,10,14H2,1-2H3,(H,23,24). The lowest BCUT2D eigenvalue weighted by molar-refractivity contribution is -0.139. The van der Waals surface area contributed by atoms with Crippen molar-refractivity contribution in [2.24, 2.45) is 0 Å². The molecule has 2 rings (SSSR count). The van der Waals surface area contributed by atoms with Crippen LogP contribution in [-0.2, 0) is 14.6 Å². The first-order chi connectivity index (χ1) is 13.3. The summed E-state index contributed by atoms with van der Waals surface area (Å²) < 4.78 is 29.8. The molecule has 6 nitrogen and oxygen atoms in total. The summed E-state index contributed by atoms with van der Waals surface area (Å²) in [6.07, 6.45) is 0.516. The minimum absolute atomic E-state index is 0.0559. The summed E-state index contributed by atoms with van der Waals surface area (Å²) in [4.78, 5) is 11.0. The molecule has 28 heavy (non-hydrogen) atoms. The van der Waals surface area contributed by atoms with E-state index < -0.39 is 22.4 Å². The van der Waals surface area contributed by atoms with Crippen LogP contribution in [0.5, 0.6) is 5.75 Å². The average molecular weight is 397 g/mol. The first kappa shape index (κ1) is 21.0. The first-order valence-corrected chi connectivity index (χ1v) is 10.2. The average Bonchev–Trinajstić information content (AvgIpc) is 2.65. The molecular weight excluding hydrogens is 378 g/mol. The molecule has 2 aromatic rings. The van der Waals surface area contributed by atoms with E-state index in [0.29, 0.717) is 23.1 Å². The molecule has 2 aromatic carbocycles. The van der Waals surface area contributed by atoms with E-state index >= 15 is 0 Å². The van der Waals surface area contributed by atoms with Gasteiger partial charge >= 0.3 is 5.97 Å². The Morgan fingerprint density at radius 2 is 1.86 bits per heavy atom. The number of nitriles is 1. The van der Waals surface area contributed by atoms with E-state index in [4.69, 9.17) is 15.1 Å². The van der Waals surface area contributed by atoms with Gasteiger partial charge in [-0.3, -0.25) is 0 Å². The lowest BCUT2D eigenvalue weighted by atomic mass is 10.1. The summed E-state index contributed by atoms with van der Waals surface area (Å²) in [7, 11) is -3.37. The predicted molar refractivity (Wildman–Crippen MR) is 104 cm³/mol. The van der Waals surface area contributed by atoms with E-state index in [1.807, 2.05) is 13.0 Å². The molecule has 0 atom stereocenters. The normalized spacial score (nSPS) is 10.5. The van der Waals surface area contributed by atoms with Gasteiger partial charge in [0.25, 0.3) is 0 Å². The molecule has 144 valence electrons. The van der Waals surface area contributed by atoms with Gasteiger partial charge in [-0.05, 0) is 49.2 Å². The number of sulfone groups is 1. The van der Waals surface area contributed by atoms with Gasteiger partial charge in [-0.2, -0.15) is 5.26 Å². The van der Waals surface area contributed by atoms with Crippen LogP contribution >= 0.6 is 0 Å². The summed E-state index contributed by atoms with van der Waals surface area (Å²) >= 11 is 0. The highest BCUT2D eigenvalue weighted by Gasteiger charge is 2.14. The number of aryl methyl sites for hydroxylation is 1. The number of nitrogens with zero attached hydrogens (tertiary/aromatic N) is 1. The molecule has 0 saturated heterocycles. The van der Waals surface area contributed by atoms with Crippen molar-refractivity contribution >= 4 is 15.8 Å². The maximum Gasteiger partial charge on any atom is 0.341 e. The van der Waals surface area contributed by atoms with Gasteiger partial charge in [0.2, 0.25) is 0 Å². The third-order valence-corrected chi connectivity index (χ3v) is 5.75. The van der Waals surface area contributed by atoms with Crippen molar-refractivity contribution in [2.75, 3.05) is 12.4 Å². The molecule has 0 aliphatic carbocycles. The topological polar surface area (TPSA) is 104 Å². The van der Waals surface area contributed by atoms with Crippen molar-refractivity contribution in [3.63, 3.8) is 0 Å². The van der Waals surface area contributed by atoms with Gasteiger partial charge < -0.3 is 9.84 Å². The number of ether oxygens (including phenoxy) is 1. The minimum Gasteiger partial charge on any atom is -0.481 e. The lowest BCUT2D eigenvalue weighted by Gasteiger charge is -2.07. The van der Waals surface area contributed by atoms with E-state index in [2.05, 4.69) is 11.8 Å². The first-order valence-electron chi connectivity index (χ1n) is 8.51. The maximum absolute atomic E-state index is 12.3. The number of aliphatic carboxylic acids is 1. The molecular formula is C21H19NO5S. The number of carboxylic acids is 1. The molecule has 0 aliphatic rings. The van der Waals surface area contributed by atoms with Crippen LogP contribution < -0.4 is 4.74 Å². The van der Waals surface area contributed by atoms with Crippen LogP contribution in [0.15, 0.2) is 41.3 Å². The second kappa shape index (κ2) is 9.07. The highest BCUT2D eigenvalue weighted by Crippen LogP contribution is 2.21. The van der Waals surface area contributed by atoms with E-state index in [0.717, 1.165) is 5.56 Å². The monoisotopic (exact) mass is 397 g/mol. The van der Waals surface area contributed by atoms with Crippen LogP contribution in [0.2, 0.25) is 0 Å². The van der Waals surface area contributed by atoms with Gasteiger partial charge in [0, 0.05) is 5.56 Å². The molecule has 0 heterocycles. The number of carbonyl (C=O) groups is 1. The summed E-state index contributed by atoms with van der Waals surface area (Å²) in [5.74, 6) is 4.94. The van der Waals surface area contributed by atoms with E-state index in [-0.39, 0.29) is 16.4 Å². The Bertz CT molecular complexity index is 1100. The van der Waals surface area contributed by atoms with Crippen molar-refractivity contribution in [1.29, 1.82) is 5.26 Å². The Hall–Kier alpha value is -3.29. The second-order valence-electron chi connectivity index (χ2n) is 6.05. The smallest absolute Gasteiger partial charge is 0.341 e. The number of rotatable bonds is 6. The SMILES string of the molecule is CCCS(=O)(=O)c1ccc(C)c(C#Cc2cc(C#N)ccc2OCC(=O)O)c1. The van der Waals surface area contributed by atoms with E-state index in [1.54, 1.807) is 19.1 Å². The fourth-order valence-electron chi connectivity index (χ4n) is 2.41. The largest absolute Gasteiger partial charge is 0.481 e. The Morgan fingerprint density at radius 1 is 1.14 bits per heavy atom. The fourth-order valence-corrected chi connectivity index (χ4v) is 3.76. The van der Waals surface area contributed by atoms with Gasteiger partial charge in [-0.1, -0.05) is 24.8 Å². The molecule has 0 bridgehead atoms. The third-order valence-electron chi connectivity index (χ3n) is 3.83. The van der Waals surface area contributed by atoms with Gasteiger partial charge in [0.1, 0.15) is 5.75 Å². The van der Waals surface area contributed by atoms with Crippen LogP contribution in [0.1, 0.15) is 35.6 Å². The van der Waals surface area contributed by atoms with Gasteiger partial charge in [0.15, 0.2) is 16.4 Å². The quantitative estimate of drug-likeness (QED) is 0.752. The summed E-state index contributed by atoms with van der Waals surface area (Å²) in [6.45, 7) is 3.07. The third kappa shape index (κ3) is 5.35. The number of carboxylic acid groups (broad SMARTS) is 1. The summed E-state index contributed by atoms with van der Waals surface area (Å²) in [6, 6.07) is 11.3. The molecule has 0 saturated carbocycles. The Balaban J connectivity index is 2.47. The zero-order valence-corrected chi connectivity index (χ0v) is 16.3. The molecule has 0 unspecified atom stereocenters. The van der Waals surface area contributed by atoms with E-state index in [1.165, 1.54) is 24.3 Å². The fraction of sp³-hybridized carbons (Fsp3) is 0.238. The van der Waals surface area contributed by atoms with Crippen molar-refractivity contribution in [3.05, 3.63) is 58.7 Å². The van der Waals surface area contributed by atoms with Gasteiger partial charge in [-0.25, -0.2) is 13.2 Å². The Labute approximate surface area is 164 Å². The number of hydrogen-bond donors (Lipinski definition) is 1. The number of hydrogen-bond acceptors (Lipinski definition) is 5. The maximum atomic E-state index is 12.3. The molecule has 7 heteroatoms. The van der Waals surface area contributed by atoms with Crippen LogP contribution in [-0.4, -0.2) is 31.9 Å². The van der Waals surface area contributed by atoms with Crippen molar-refractivity contribution < 1.29 is 23.1 Å². The van der Waals surface area contributed by atoms with Crippen LogP contribution in [0, 0.1) is 30.1 Å². The highest BCUT2D eigenvalue weighted by atomic mass is 32.2. The molecule has 0 amide bonds. The highest BCUT2D eigenvalue weighted by molar-refractivity contribution is 7.91. The van der Waals surface area contributed by atoms with Crippen LogP contribution in [0.3, 0.4) is 0 Å². The van der Waals surface area contributed by atoms with Gasteiger partial charge in [-0.15, -0.1) is 0 Å². The molecule has 0 aliphatic heterocycles. The van der Waals surface area contributed by atoms with Gasteiger partial charge in [0.05, 0.1) is 27.8 Å². The Morgan fingerprint density at radius 3 is 2.50 bits per heavy atom. The summed E-state index contributed by atoms with van der Waals surface area (Å²) in [5, 5.41) is 17.9. The zero-order chi connectivity index (χ0) is 20.7. The predicted octanol–water partition coefficient (Wildman–Crippen LogP) is 2.91. The molecule has 0 aromatic heterocycles. The number of benzene rings is 2. The Kier molecular flexibility index (Phi) is 6.81. The summed E-state index contributed by atoms with van der Waals surface area (Å²) in [5.41, 5.74) is 2.03. The second-order valence-corrected chi connectivity index (χ2v) is 8.16. The van der Waals surface area contributed by atoms with Crippen molar-refractivity contribution in [2.45, 2.75) is 25.2 Å². The molecule has 0 spiro atoms. The van der Waals surface area contributed by atoms with Crippen LogP contribution in [0.4, 0.5) is 0 Å². The molecule has 0 fully saturated rings. The van der Waals surface area contributed by atoms with Crippen LogP contribution in [0.25, 0.3) is 0 Å². The lowest BCUT2D eigenvalue weighted by Crippen LogP contribution is -2.10. The zero-order valence-electron chi connectivity index (χ0n) is 15.5.